The lowest BCUT2D eigenvalue weighted by Gasteiger charge is -2.30. The fourth-order valence-electron chi connectivity index (χ4n) is 3.78. The molecule has 8 heteroatoms. The molecule has 0 radical (unpaired) electrons. The molecule has 5 nitrogen and oxygen atoms in total. The molecule has 0 saturated heterocycles. The van der Waals surface area contributed by atoms with E-state index in [1.54, 1.807) is 23.1 Å². The van der Waals surface area contributed by atoms with Crippen LogP contribution in [-0.2, 0) is 4.79 Å². The molecule has 154 valence electrons. The number of para-hydroxylation sites is 2. The third-order valence-corrected chi connectivity index (χ3v) is 8.25. The molecule has 6 rings (SSSR count). The molecule has 2 aromatic carbocycles. The van der Waals surface area contributed by atoms with E-state index >= 15 is 0 Å². The molecule has 0 bridgehead atoms. The number of amides is 1. The average Bonchev–Trinajstić information content (AvgIpc) is 3.32. The standard InChI is InChI=1S/C23H18N4OS3/c28-21(27-16-6-1-3-8-18(16)31-19-9-4-2-7-17(19)27)14-30-23-25-24-22(20-10-5-13-29-20)26(23)15-11-12-15/h1-10,13,15H,11-12,14H2. The van der Waals surface area contributed by atoms with Gasteiger partial charge in [-0.1, -0.05) is 53.9 Å². The van der Waals surface area contributed by atoms with E-state index in [9.17, 15) is 4.79 Å². The number of thiophene rings is 1. The molecule has 3 heterocycles. The van der Waals surface area contributed by atoms with Gasteiger partial charge in [0.05, 0.1) is 22.0 Å². The minimum absolute atomic E-state index is 0.0493. The first-order valence-electron chi connectivity index (χ1n) is 10.1. The number of anilines is 2. The summed E-state index contributed by atoms with van der Waals surface area (Å²) in [5.41, 5.74) is 1.89. The predicted molar refractivity (Wildman–Crippen MR) is 126 cm³/mol. The third-order valence-electron chi connectivity index (χ3n) is 5.32. The lowest BCUT2D eigenvalue weighted by atomic mass is 10.2. The Hall–Kier alpha value is -2.55. The highest BCUT2D eigenvalue weighted by atomic mass is 32.2. The quantitative estimate of drug-likeness (QED) is 0.328. The summed E-state index contributed by atoms with van der Waals surface area (Å²) >= 11 is 4.86. The lowest BCUT2D eigenvalue weighted by molar-refractivity contribution is -0.115. The van der Waals surface area contributed by atoms with Crippen LogP contribution in [0, 0.1) is 0 Å². The smallest absolute Gasteiger partial charge is 0.242 e. The van der Waals surface area contributed by atoms with Gasteiger partial charge in [-0.25, -0.2) is 0 Å². The number of nitrogens with zero attached hydrogens (tertiary/aromatic N) is 4. The summed E-state index contributed by atoms with van der Waals surface area (Å²) in [5, 5.41) is 11.8. The topological polar surface area (TPSA) is 51.0 Å². The molecule has 0 spiro atoms. The Balaban J connectivity index is 1.30. The second kappa shape index (κ2) is 7.85. The van der Waals surface area contributed by atoms with Gasteiger partial charge >= 0.3 is 0 Å². The number of aromatic nitrogens is 3. The summed E-state index contributed by atoms with van der Waals surface area (Å²) in [6.07, 6.45) is 2.28. The summed E-state index contributed by atoms with van der Waals surface area (Å²) < 4.78 is 2.22. The van der Waals surface area contributed by atoms with Crippen LogP contribution >= 0.6 is 34.9 Å². The van der Waals surface area contributed by atoms with Crippen molar-refractivity contribution in [3.63, 3.8) is 0 Å². The number of rotatable bonds is 5. The first-order chi connectivity index (χ1) is 15.3. The van der Waals surface area contributed by atoms with Crippen LogP contribution in [0.15, 0.2) is 81.0 Å². The van der Waals surface area contributed by atoms with Crippen LogP contribution in [-0.4, -0.2) is 26.4 Å². The number of carbonyl (C=O) groups excluding carboxylic acids is 1. The van der Waals surface area contributed by atoms with E-state index in [4.69, 9.17) is 0 Å². The minimum Gasteiger partial charge on any atom is -0.298 e. The molecular weight excluding hydrogens is 444 g/mol. The van der Waals surface area contributed by atoms with Crippen molar-refractivity contribution in [1.29, 1.82) is 0 Å². The summed E-state index contributed by atoms with van der Waals surface area (Å²) in [6, 6.07) is 20.7. The summed E-state index contributed by atoms with van der Waals surface area (Å²) in [5.74, 6) is 1.27. The number of hydrogen-bond donors (Lipinski definition) is 0. The van der Waals surface area contributed by atoms with Gasteiger partial charge in [-0.05, 0) is 48.6 Å². The van der Waals surface area contributed by atoms with Gasteiger partial charge in [0.1, 0.15) is 0 Å². The lowest BCUT2D eigenvalue weighted by Crippen LogP contribution is -2.30. The molecule has 31 heavy (non-hydrogen) atoms. The number of fused-ring (bicyclic) bond motifs is 2. The van der Waals surface area contributed by atoms with Crippen molar-refractivity contribution < 1.29 is 4.79 Å². The highest BCUT2D eigenvalue weighted by molar-refractivity contribution is 8.00. The van der Waals surface area contributed by atoms with Crippen molar-refractivity contribution in [1.82, 2.24) is 14.8 Å². The molecule has 1 fully saturated rings. The second-order valence-electron chi connectivity index (χ2n) is 7.44. The number of benzene rings is 2. The highest BCUT2D eigenvalue weighted by Crippen LogP contribution is 2.48. The van der Waals surface area contributed by atoms with Crippen LogP contribution < -0.4 is 4.90 Å². The molecule has 2 aromatic heterocycles. The van der Waals surface area contributed by atoms with Crippen molar-refractivity contribution in [3.05, 3.63) is 66.0 Å². The van der Waals surface area contributed by atoms with Crippen LogP contribution in [0.25, 0.3) is 10.7 Å². The number of carbonyl (C=O) groups is 1. The largest absolute Gasteiger partial charge is 0.298 e. The molecule has 0 unspecified atom stereocenters. The summed E-state index contributed by atoms with van der Waals surface area (Å²) in [6.45, 7) is 0. The molecule has 1 aliphatic heterocycles. The van der Waals surface area contributed by atoms with Gasteiger partial charge in [-0.15, -0.1) is 21.5 Å². The fraction of sp³-hybridized carbons (Fsp3) is 0.174. The minimum atomic E-state index is 0.0493. The SMILES string of the molecule is O=C(CSc1nnc(-c2cccs2)n1C1CC1)N1c2ccccc2Sc2ccccc21. The van der Waals surface area contributed by atoms with E-state index in [2.05, 4.69) is 38.3 Å². The van der Waals surface area contributed by atoms with E-state index in [1.165, 1.54) is 11.8 Å². The van der Waals surface area contributed by atoms with Gasteiger partial charge in [0, 0.05) is 15.8 Å². The van der Waals surface area contributed by atoms with Gasteiger partial charge in [-0.3, -0.25) is 14.3 Å². The maximum Gasteiger partial charge on any atom is 0.242 e. The maximum absolute atomic E-state index is 13.5. The van der Waals surface area contributed by atoms with Gasteiger partial charge < -0.3 is 0 Å². The van der Waals surface area contributed by atoms with Crippen LogP contribution in [0.5, 0.6) is 0 Å². The zero-order chi connectivity index (χ0) is 20.8. The third kappa shape index (κ3) is 3.48. The van der Waals surface area contributed by atoms with Crippen LogP contribution in [0.1, 0.15) is 18.9 Å². The zero-order valence-electron chi connectivity index (χ0n) is 16.5. The van der Waals surface area contributed by atoms with Crippen molar-refractivity contribution in [2.24, 2.45) is 0 Å². The van der Waals surface area contributed by atoms with E-state index < -0.39 is 0 Å². The van der Waals surface area contributed by atoms with E-state index in [0.717, 1.165) is 49.9 Å². The van der Waals surface area contributed by atoms with Gasteiger partial charge in [0.25, 0.3) is 0 Å². The van der Waals surface area contributed by atoms with Crippen LogP contribution in [0.2, 0.25) is 0 Å². The Labute approximate surface area is 192 Å². The Kier molecular flexibility index (Phi) is 4.85. The monoisotopic (exact) mass is 462 g/mol. The first-order valence-corrected chi connectivity index (χ1v) is 12.8. The normalized spacial score (nSPS) is 14.9. The van der Waals surface area contributed by atoms with Crippen molar-refractivity contribution in [2.75, 3.05) is 10.7 Å². The van der Waals surface area contributed by atoms with Crippen molar-refractivity contribution >= 4 is 52.1 Å². The molecule has 1 saturated carbocycles. The molecule has 0 N–H and O–H groups in total. The first kappa shape index (κ1) is 19.2. The highest BCUT2D eigenvalue weighted by Gasteiger charge is 2.32. The van der Waals surface area contributed by atoms with E-state index in [0.29, 0.717) is 11.8 Å². The molecule has 1 amide bonds. The fourth-order valence-corrected chi connectivity index (χ4v) is 6.39. The predicted octanol–water partition coefficient (Wildman–Crippen LogP) is 6.26. The Morgan fingerprint density at radius 2 is 1.68 bits per heavy atom. The summed E-state index contributed by atoms with van der Waals surface area (Å²) in [4.78, 5) is 18.6. The number of thioether (sulfide) groups is 1. The summed E-state index contributed by atoms with van der Waals surface area (Å²) in [7, 11) is 0. The average molecular weight is 463 g/mol. The molecule has 2 aliphatic rings. The maximum atomic E-state index is 13.5. The van der Waals surface area contributed by atoms with E-state index in [-0.39, 0.29) is 5.91 Å². The Morgan fingerprint density at radius 3 is 2.32 bits per heavy atom. The van der Waals surface area contributed by atoms with Crippen LogP contribution in [0.4, 0.5) is 11.4 Å². The molecule has 4 aromatic rings. The van der Waals surface area contributed by atoms with E-state index in [1.807, 2.05) is 47.4 Å². The van der Waals surface area contributed by atoms with Crippen molar-refractivity contribution in [3.8, 4) is 10.7 Å². The van der Waals surface area contributed by atoms with Gasteiger partial charge in [0.2, 0.25) is 5.91 Å². The number of hydrogen-bond acceptors (Lipinski definition) is 6. The van der Waals surface area contributed by atoms with Crippen molar-refractivity contribution in [2.45, 2.75) is 33.8 Å². The van der Waals surface area contributed by atoms with Gasteiger partial charge in [-0.2, -0.15) is 0 Å². The van der Waals surface area contributed by atoms with Crippen LogP contribution in [0.3, 0.4) is 0 Å². The second-order valence-corrected chi connectivity index (χ2v) is 10.4. The zero-order valence-corrected chi connectivity index (χ0v) is 18.9. The Morgan fingerprint density at radius 1 is 0.968 bits per heavy atom. The van der Waals surface area contributed by atoms with Gasteiger partial charge in [0.15, 0.2) is 11.0 Å². The molecular formula is C23H18N4OS3. The molecule has 1 aliphatic carbocycles. The molecule has 0 atom stereocenters. The Bertz CT molecular complexity index is 1220.